The van der Waals surface area contributed by atoms with Crippen molar-refractivity contribution in [1.82, 2.24) is 0 Å². The highest BCUT2D eigenvalue weighted by molar-refractivity contribution is 5.72. The summed E-state index contributed by atoms with van der Waals surface area (Å²) in [4.78, 5) is 0. The van der Waals surface area contributed by atoms with Crippen LogP contribution in [-0.4, -0.2) is 0 Å². The largest absolute Gasteiger partial charge is 0.289 e. The molecular formula is C26H21F5NO. The van der Waals surface area contributed by atoms with Crippen molar-refractivity contribution in [2.45, 2.75) is 45.4 Å². The monoisotopic (exact) mass is 458 g/mol. The molecule has 0 aliphatic heterocycles. The molecule has 171 valence electrons. The molecule has 33 heavy (non-hydrogen) atoms. The molecule has 0 unspecified atom stereocenters. The van der Waals surface area contributed by atoms with E-state index >= 15 is 4.39 Å². The van der Waals surface area contributed by atoms with E-state index < -0.39 is 51.5 Å². The molecule has 1 radical (unpaired) electrons. The standard InChI is InChI=1S/C26H21F5NO/c1-2-3-4-5-15-6-8-17(20(27)10-15)25-24(33)13-23(30)18(26(25)31)9-7-16-11-21(28)19(14-32)22(29)12-16/h6,8,10-13H,2-5,7,9H2,1H3. The zero-order valence-electron chi connectivity index (χ0n) is 18.0. The van der Waals surface area contributed by atoms with Crippen molar-refractivity contribution in [3.63, 3.8) is 0 Å². The topological polar surface area (TPSA) is 43.7 Å². The fraction of sp³-hybridized carbons (Fsp3) is 0.269. The predicted molar refractivity (Wildman–Crippen MR) is 114 cm³/mol. The van der Waals surface area contributed by atoms with E-state index in [0.717, 1.165) is 31.4 Å². The van der Waals surface area contributed by atoms with Gasteiger partial charge < -0.3 is 0 Å². The molecule has 0 aromatic heterocycles. The van der Waals surface area contributed by atoms with E-state index in [4.69, 9.17) is 5.26 Å². The molecule has 0 fully saturated rings. The van der Waals surface area contributed by atoms with Gasteiger partial charge in [-0.25, -0.2) is 22.0 Å². The smallest absolute Gasteiger partial charge is 0.192 e. The Morgan fingerprint density at radius 3 is 2.06 bits per heavy atom. The van der Waals surface area contributed by atoms with Gasteiger partial charge in [0.25, 0.3) is 0 Å². The van der Waals surface area contributed by atoms with Crippen LogP contribution in [-0.2, 0) is 24.4 Å². The van der Waals surface area contributed by atoms with E-state index in [1.54, 1.807) is 6.07 Å². The third kappa shape index (κ3) is 5.33. The lowest BCUT2D eigenvalue weighted by molar-refractivity contribution is 0.350. The number of nitrogens with zero attached hydrogens (tertiary/aromatic N) is 1. The van der Waals surface area contributed by atoms with E-state index in [-0.39, 0.29) is 24.0 Å². The lowest BCUT2D eigenvalue weighted by atomic mass is 9.95. The quantitative estimate of drug-likeness (QED) is 0.253. The van der Waals surface area contributed by atoms with Crippen LogP contribution in [0.3, 0.4) is 0 Å². The van der Waals surface area contributed by atoms with Gasteiger partial charge >= 0.3 is 0 Å². The Bertz CT molecular complexity index is 1190. The molecular weight excluding hydrogens is 437 g/mol. The Balaban J connectivity index is 1.92. The van der Waals surface area contributed by atoms with Crippen LogP contribution in [0.2, 0.25) is 0 Å². The van der Waals surface area contributed by atoms with Gasteiger partial charge in [0.05, 0.1) is 5.56 Å². The third-order valence-corrected chi connectivity index (χ3v) is 5.53. The number of hydrogen-bond acceptors (Lipinski definition) is 1. The first-order chi connectivity index (χ1) is 15.8. The van der Waals surface area contributed by atoms with Gasteiger partial charge in [0.1, 0.15) is 40.7 Å². The highest BCUT2D eigenvalue weighted by Crippen LogP contribution is 2.38. The summed E-state index contributed by atoms with van der Waals surface area (Å²) in [5, 5.41) is 21.1. The number of halogens is 5. The molecule has 0 bridgehead atoms. The Hall–Kier alpha value is -3.40. The van der Waals surface area contributed by atoms with Crippen LogP contribution in [0.4, 0.5) is 22.0 Å². The van der Waals surface area contributed by atoms with Gasteiger partial charge in [-0.1, -0.05) is 31.9 Å². The minimum atomic E-state index is -1.20. The normalized spacial score (nSPS) is 10.9. The van der Waals surface area contributed by atoms with Crippen molar-refractivity contribution >= 4 is 0 Å². The number of benzene rings is 3. The van der Waals surface area contributed by atoms with Gasteiger partial charge in [-0.3, -0.25) is 5.11 Å². The van der Waals surface area contributed by atoms with Crippen LogP contribution in [0.5, 0.6) is 5.75 Å². The van der Waals surface area contributed by atoms with Crippen molar-refractivity contribution in [2.75, 3.05) is 0 Å². The Kier molecular flexibility index (Phi) is 7.70. The van der Waals surface area contributed by atoms with E-state index in [9.17, 15) is 22.7 Å². The molecule has 3 aromatic rings. The minimum Gasteiger partial charge on any atom is -0.289 e. The SMILES string of the molecule is CCCCCc1ccc(-c2c([O])cc(F)c(CCc3cc(F)c(C#N)c(F)c3)c2F)c(F)c1. The second-order valence-corrected chi connectivity index (χ2v) is 7.84. The number of rotatable bonds is 8. The van der Waals surface area contributed by atoms with E-state index in [1.165, 1.54) is 18.2 Å². The van der Waals surface area contributed by atoms with Crippen molar-refractivity contribution in [3.05, 3.63) is 87.7 Å². The molecule has 3 rings (SSSR count). The summed E-state index contributed by atoms with van der Waals surface area (Å²) in [5.74, 6) is -6.26. The Morgan fingerprint density at radius 2 is 1.45 bits per heavy atom. The lowest BCUT2D eigenvalue weighted by Crippen LogP contribution is -2.03. The van der Waals surface area contributed by atoms with Gasteiger partial charge in [-0.15, -0.1) is 0 Å². The molecule has 0 spiro atoms. The van der Waals surface area contributed by atoms with Crippen molar-refractivity contribution in [3.8, 4) is 22.9 Å². The summed E-state index contributed by atoms with van der Waals surface area (Å²) in [6.07, 6.45) is 3.01. The van der Waals surface area contributed by atoms with Crippen LogP contribution in [0.1, 0.15) is 48.4 Å². The number of aryl methyl sites for hydroxylation is 2. The van der Waals surface area contributed by atoms with Crippen molar-refractivity contribution < 1.29 is 27.1 Å². The molecule has 0 heterocycles. The van der Waals surface area contributed by atoms with Crippen molar-refractivity contribution in [1.29, 1.82) is 5.26 Å². The molecule has 0 N–H and O–H groups in total. The zero-order chi connectivity index (χ0) is 24.1. The van der Waals surface area contributed by atoms with E-state index in [0.29, 0.717) is 18.1 Å². The van der Waals surface area contributed by atoms with E-state index in [1.807, 2.05) is 6.92 Å². The van der Waals surface area contributed by atoms with Gasteiger partial charge in [-0.2, -0.15) is 5.26 Å². The summed E-state index contributed by atoms with van der Waals surface area (Å²) in [6, 6.07) is 7.97. The van der Waals surface area contributed by atoms with Gasteiger partial charge in [0.2, 0.25) is 0 Å². The third-order valence-electron chi connectivity index (χ3n) is 5.53. The minimum absolute atomic E-state index is 0.0816. The molecule has 0 saturated heterocycles. The first-order valence-electron chi connectivity index (χ1n) is 10.6. The number of unbranched alkanes of at least 4 members (excludes halogenated alkanes) is 2. The molecule has 2 nitrogen and oxygen atoms in total. The van der Waals surface area contributed by atoms with Crippen LogP contribution >= 0.6 is 0 Å². The molecule has 0 aliphatic rings. The first-order valence-corrected chi connectivity index (χ1v) is 10.6. The summed E-state index contributed by atoms with van der Waals surface area (Å²) in [7, 11) is 0. The predicted octanol–water partition coefficient (Wildman–Crippen LogP) is 7.58. The van der Waals surface area contributed by atoms with Gasteiger partial charge in [0.15, 0.2) is 5.75 Å². The fourth-order valence-electron chi connectivity index (χ4n) is 3.76. The highest BCUT2D eigenvalue weighted by atomic mass is 19.1. The summed E-state index contributed by atoms with van der Waals surface area (Å²) in [5.41, 5.74) is -1.29. The van der Waals surface area contributed by atoms with Gasteiger partial charge in [-0.05, 0) is 55.0 Å². The maximum Gasteiger partial charge on any atom is 0.192 e. The zero-order valence-corrected chi connectivity index (χ0v) is 18.0. The fourth-order valence-corrected chi connectivity index (χ4v) is 3.76. The maximum atomic E-state index is 15.2. The Labute approximate surface area is 188 Å². The molecule has 0 saturated carbocycles. The second-order valence-electron chi connectivity index (χ2n) is 7.84. The average molecular weight is 458 g/mol. The molecule has 0 aliphatic carbocycles. The summed E-state index contributed by atoms with van der Waals surface area (Å²) < 4.78 is 72.0. The lowest BCUT2D eigenvalue weighted by Gasteiger charge is -2.13. The summed E-state index contributed by atoms with van der Waals surface area (Å²) in [6.45, 7) is 2.04. The van der Waals surface area contributed by atoms with E-state index in [2.05, 4.69) is 0 Å². The van der Waals surface area contributed by atoms with Gasteiger partial charge in [0, 0.05) is 17.2 Å². The second kappa shape index (κ2) is 10.5. The molecule has 0 atom stereocenters. The van der Waals surface area contributed by atoms with Crippen molar-refractivity contribution in [2.24, 2.45) is 0 Å². The molecule has 7 heteroatoms. The first kappa shape index (κ1) is 24.2. The van der Waals surface area contributed by atoms with Crippen LogP contribution < -0.4 is 0 Å². The highest BCUT2D eigenvalue weighted by Gasteiger charge is 2.23. The van der Waals surface area contributed by atoms with Crippen LogP contribution in [0.15, 0.2) is 36.4 Å². The average Bonchev–Trinajstić information content (AvgIpc) is 2.75. The molecule has 0 amide bonds. The van der Waals surface area contributed by atoms with Crippen LogP contribution in [0.25, 0.3) is 11.1 Å². The number of nitriles is 1. The molecule has 3 aromatic carbocycles. The maximum absolute atomic E-state index is 15.2. The Morgan fingerprint density at radius 1 is 0.788 bits per heavy atom. The summed E-state index contributed by atoms with van der Waals surface area (Å²) >= 11 is 0. The van der Waals surface area contributed by atoms with Crippen LogP contribution in [0, 0.1) is 40.4 Å². The number of hydrogen-bond donors (Lipinski definition) is 0.